The molecule has 1 aromatic carbocycles. The molecule has 0 atom stereocenters. The van der Waals surface area contributed by atoms with Crippen LogP contribution in [0.2, 0.25) is 0 Å². The third-order valence-electron chi connectivity index (χ3n) is 7.54. The van der Waals surface area contributed by atoms with Crippen molar-refractivity contribution in [2.24, 2.45) is 23.2 Å². The summed E-state index contributed by atoms with van der Waals surface area (Å²) in [6, 6.07) is 8.24. The van der Waals surface area contributed by atoms with Crippen LogP contribution in [0.25, 0.3) is 0 Å². The highest BCUT2D eigenvalue weighted by Crippen LogP contribution is 2.60. The van der Waals surface area contributed by atoms with E-state index in [1.54, 1.807) is 8.61 Å². The third kappa shape index (κ3) is 2.83. The van der Waals surface area contributed by atoms with E-state index in [2.05, 4.69) is 12.1 Å². The number of fused-ring (bicyclic) bond motifs is 1. The van der Waals surface area contributed by atoms with Gasteiger partial charge in [-0.2, -0.15) is 17.0 Å². The summed E-state index contributed by atoms with van der Waals surface area (Å²) in [6.07, 6.45) is 8.78. The Hall–Kier alpha value is -0.910. The second kappa shape index (κ2) is 6.05. The van der Waals surface area contributed by atoms with E-state index in [1.807, 2.05) is 19.2 Å². The van der Waals surface area contributed by atoms with E-state index in [0.717, 1.165) is 36.3 Å². The van der Waals surface area contributed by atoms with Crippen molar-refractivity contribution in [3.63, 3.8) is 0 Å². The molecule has 4 saturated carbocycles. The molecule has 4 fully saturated rings. The van der Waals surface area contributed by atoms with Crippen LogP contribution in [-0.2, 0) is 23.2 Å². The Kier molecular flexibility index (Phi) is 4.00. The van der Waals surface area contributed by atoms with Gasteiger partial charge >= 0.3 is 0 Å². The van der Waals surface area contributed by atoms with Crippen LogP contribution in [-0.4, -0.2) is 37.2 Å². The second-order valence-corrected chi connectivity index (χ2v) is 11.6. The zero-order valence-corrected chi connectivity index (χ0v) is 16.5. The molecule has 1 aromatic rings. The Labute approximate surface area is 157 Å². The van der Waals surface area contributed by atoms with Crippen LogP contribution in [0.15, 0.2) is 24.3 Å². The third-order valence-corrected chi connectivity index (χ3v) is 9.42. The van der Waals surface area contributed by atoms with Gasteiger partial charge in [0, 0.05) is 26.7 Å². The van der Waals surface area contributed by atoms with Crippen LogP contribution in [0.3, 0.4) is 0 Å². The van der Waals surface area contributed by atoms with Crippen molar-refractivity contribution < 1.29 is 8.42 Å². The highest BCUT2D eigenvalue weighted by molar-refractivity contribution is 7.86. The average molecular weight is 375 g/mol. The van der Waals surface area contributed by atoms with Crippen LogP contribution < -0.4 is 0 Å². The fourth-order valence-electron chi connectivity index (χ4n) is 6.90. The fraction of sp³-hybridized carbons (Fsp3) is 0.714. The minimum Gasteiger partial charge on any atom is -0.195 e. The molecule has 0 saturated heterocycles. The number of hydrogen-bond donors (Lipinski definition) is 0. The molecule has 4 aliphatic carbocycles. The minimum absolute atomic E-state index is 0.254. The largest absolute Gasteiger partial charge is 0.282 e. The lowest BCUT2D eigenvalue weighted by molar-refractivity contribution is -0.0588. The first kappa shape index (κ1) is 17.2. The zero-order chi connectivity index (χ0) is 17.9. The van der Waals surface area contributed by atoms with Gasteiger partial charge in [-0.3, -0.25) is 0 Å². The van der Waals surface area contributed by atoms with Gasteiger partial charge in [0.25, 0.3) is 10.2 Å². The minimum atomic E-state index is -3.38. The highest BCUT2D eigenvalue weighted by Gasteiger charge is 2.52. The van der Waals surface area contributed by atoms with E-state index in [1.165, 1.54) is 44.1 Å². The monoisotopic (exact) mass is 374 g/mol. The molecule has 0 radical (unpaired) electrons. The van der Waals surface area contributed by atoms with E-state index in [-0.39, 0.29) is 5.41 Å². The summed E-state index contributed by atoms with van der Waals surface area (Å²) in [6.45, 7) is 1.84. The first-order valence-corrected chi connectivity index (χ1v) is 11.6. The van der Waals surface area contributed by atoms with Crippen molar-refractivity contribution >= 4 is 10.2 Å². The van der Waals surface area contributed by atoms with Gasteiger partial charge in [-0.05, 0) is 79.2 Å². The molecule has 26 heavy (non-hydrogen) atoms. The Morgan fingerprint density at radius 3 is 2.23 bits per heavy atom. The standard InChI is InChI=1S/C21H30N2O2S/c1-22(15-21-11-16-8-17(12-21)10-18(9-16)13-21)26(24,25)23-7-6-19-4-2-3-5-20(19)14-23/h2-5,16-18H,6-15H2,1H3. The van der Waals surface area contributed by atoms with E-state index in [0.29, 0.717) is 13.1 Å². The van der Waals surface area contributed by atoms with Gasteiger partial charge in [-0.1, -0.05) is 24.3 Å². The normalized spacial score (nSPS) is 36.5. The first-order chi connectivity index (χ1) is 12.4. The molecule has 1 aliphatic heterocycles. The first-order valence-electron chi connectivity index (χ1n) is 10.2. The lowest BCUT2D eigenvalue weighted by Crippen LogP contribution is -2.53. The predicted octanol–water partition coefficient (Wildman–Crippen LogP) is 3.44. The van der Waals surface area contributed by atoms with Crippen molar-refractivity contribution in [2.75, 3.05) is 20.1 Å². The van der Waals surface area contributed by atoms with Gasteiger partial charge < -0.3 is 0 Å². The molecule has 142 valence electrons. The fourth-order valence-corrected chi connectivity index (χ4v) is 8.36. The van der Waals surface area contributed by atoms with E-state index >= 15 is 0 Å². The van der Waals surface area contributed by atoms with Crippen molar-refractivity contribution in [1.29, 1.82) is 0 Å². The smallest absolute Gasteiger partial charge is 0.195 e. The molecule has 5 aliphatic rings. The Balaban J connectivity index is 1.33. The summed E-state index contributed by atoms with van der Waals surface area (Å²) in [5, 5.41) is 0. The lowest BCUT2D eigenvalue weighted by atomic mass is 9.49. The quantitative estimate of drug-likeness (QED) is 0.810. The summed E-state index contributed by atoms with van der Waals surface area (Å²) in [7, 11) is -1.57. The van der Waals surface area contributed by atoms with Gasteiger partial charge in [-0.15, -0.1) is 0 Å². The van der Waals surface area contributed by atoms with Gasteiger partial charge in [0.1, 0.15) is 0 Å². The van der Waals surface area contributed by atoms with Crippen LogP contribution in [0.4, 0.5) is 0 Å². The molecule has 0 N–H and O–H groups in total. The van der Waals surface area contributed by atoms with Crippen molar-refractivity contribution in [1.82, 2.24) is 8.61 Å². The van der Waals surface area contributed by atoms with Crippen LogP contribution in [0, 0.1) is 23.2 Å². The highest BCUT2D eigenvalue weighted by atomic mass is 32.2. The molecule has 5 heteroatoms. The van der Waals surface area contributed by atoms with Crippen molar-refractivity contribution in [3.8, 4) is 0 Å². The second-order valence-electron chi connectivity index (χ2n) is 9.53. The Morgan fingerprint density at radius 2 is 1.62 bits per heavy atom. The molecule has 1 heterocycles. The van der Waals surface area contributed by atoms with E-state index in [4.69, 9.17) is 0 Å². The predicted molar refractivity (Wildman–Crippen MR) is 103 cm³/mol. The molecule has 0 spiro atoms. The molecule has 6 rings (SSSR count). The molecular weight excluding hydrogens is 344 g/mol. The average Bonchev–Trinajstić information content (AvgIpc) is 2.59. The number of hydrogen-bond acceptors (Lipinski definition) is 2. The van der Waals surface area contributed by atoms with Crippen LogP contribution in [0.1, 0.15) is 49.7 Å². The lowest BCUT2D eigenvalue weighted by Gasteiger charge is -2.57. The van der Waals surface area contributed by atoms with Gasteiger partial charge in [0.05, 0.1) is 0 Å². The van der Waals surface area contributed by atoms with Crippen molar-refractivity contribution in [3.05, 3.63) is 35.4 Å². The van der Waals surface area contributed by atoms with Crippen molar-refractivity contribution in [2.45, 2.75) is 51.5 Å². The van der Waals surface area contributed by atoms with Crippen LogP contribution >= 0.6 is 0 Å². The summed E-state index contributed by atoms with van der Waals surface area (Å²) in [5.74, 6) is 2.58. The number of nitrogens with zero attached hydrogens (tertiary/aromatic N) is 2. The molecule has 0 aromatic heterocycles. The molecule has 0 unspecified atom stereocenters. The Bertz CT molecular complexity index is 769. The summed E-state index contributed by atoms with van der Waals surface area (Å²) in [4.78, 5) is 0. The maximum atomic E-state index is 13.3. The maximum Gasteiger partial charge on any atom is 0.282 e. The molecule has 4 bridgehead atoms. The number of benzene rings is 1. The summed E-state index contributed by atoms with van der Waals surface area (Å²) < 4.78 is 29.9. The zero-order valence-electron chi connectivity index (χ0n) is 15.7. The van der Waals surface area contributed by atoms with Crippen LogP contribution in [0.5, 0.6) is 0 Å². The maximum absolute atomic E-state index is 13.3. The topological polar surface area (TPSA) is 40.6 Å². The molecule has 0 amide bonds. The summed E-state index contributed by atoms with van der Waals surface area (Å²) in [5.41, 5.74) is 2.71. The molecule has 4 nitrogen and oxygen atoms in total. The van der Waals surface area contributed by atoms with Gasteiger partial charge in [0.2, 0.25) is 0 Å². The van der Waals surface area contributed by atoms with Gasteiger partial charge in [-0.25, -0.2) is 0 Å². The van der Waals surface area contributed by atoms with E-state index < -0.39 is 10.2 Å². The van der Waals surface area contributed by atoms with E-state index in [9.17, 15) is 8.42 Å². The Morgan fingerprint density at radius 1 is 1.04 bits per heavy atom. The summed E-state index contributed by atoms with van der Waals surface area (Å²) >= 11 is 0. The molecular formula is C21H30N2O2S. The SMILES string of the molecule is CN(CC12CC3CC(CC(C3)C1)C2)S(=O)(=O)N1CCc2ccccc2C1. The number of rotatable bonds is 4. The van der Waals surface area contributed by atoms with Gasteiger partial charge in [0.15, 0.2) is 0 Å².